The van der Waals surface area contributed by atoms with Crippen molar-refractivity contribution in [1.29, 1.82) is 0 Å². The summed E-state index contributed by atoms with van der Waals surface area (Å²) >= 11 is 1.64. The minimum atomic E-state index is -4.44. The van der Waals surface area contributed by atoms with E-state index < -0.39 is 11.9 Å². The summed E-state index contributed by atoms with van der Waals surface area (Å²) in [5.41, 5.74) is 2.12. The zero-order chi connectivity index (χ0) is 23.7. The Hall–Kier alpha value is -2.79. The fourth-order valence-electron chi connectivity index (χ4n) is 4.09. The van der Waals surface area contributed by atoms with Gasteiger partial charge in [0.05, 0.1) is 29.5 Å². The molecule has 1 saturated heterocycles. The van der Waals surface area contributed by atoms with Gasteiger partial charge in [-0.05, 0) is 51.1 Å². The van der Waals surface area contributed by atoms with Gasteiger partial charge < -0.3 is 4.84 Å². The molecule has 3 aromatic heterocycles. The Morgan fingerprint density at radius 3 is 2.71 bits per heavy atom. The van der Waals surface area contributed by atoms with Crippen LogP contribution in [-0.4, -0.2) is 43.4 Å². The maximum Gasteiger partial charge on any atom is 0.435 e. The molecule has 2 radical (unpaired) electrons. The topological polar surface area (TPSA) is 68.4 Å². The minimum absolute atomic E-state index is 0.179. The third-order valence-corrected chi connectivity index (χ3v) is 7.02. The van der Waals surface area contributed by atoms with Gasteiger partial charge in [-0.3, -0.25) is 14.6 Å². The lowest BCUT2D eigenvalue weighted by atomic mass is 9.97. The van der Waals surface area contributed by atoms with Crippen LogP contribution in [-0.2, 0) is 11.0 Å². The van der Waals surface area contributed by atoms with Crippen molar-refractivity contribution < 1.29 is 18.0 Å². The van der Waals surface area contributed by atoms with Gasteiger partial charge in [-0.15, -0.1) is 11.3 Å². The van der Waals surface area contributed by atoms with Crippen molar-refractivity contribution in [3.05, 3.63) is 76.7 Å². The van der Waals surface area contributed by atoms with Crippen LogP contribution in [0.1, 0.15) is 59.1 Å². The van der Waals surface area contributed by atoms with Crippen molar-refractivity contribution in [2.24, 2.45) is 5.16 Å². The summed E-state index contributed by atoms with van der Waals surface area (Å²) in [6.45, 7) is 6.61. The normalized spacial score (nSPS) is 19.9. The smallest absolute Gasteiger partial charge is 0.385 e. The molecule has 0 N–H and O–H groups in total. The highest BCUT2D eigenvalue weighted by Crippen LogP contribution is 2.34. The van der Waals surface area contributed by atoms with E-state index in [4.69, 9.17) is 9.82 Å². The molecule has 0 amide bonds. The molecule has 0 spiro atoms. The maximum absolute atomic E-state index is 12.8. The van der Waals surface area contributed by atoms with Gasteiger partial charge in [0.1, 0.15) is 5.71 Å². The molecule has 3 aromatic rings. The number of hydrogen-bond acceptors (Lipinski definition) is 7. The third kappa shape index (κ3) is 5.00. The standard InChI is InChI=1S/C23H23F3N6OS/c1-15-12-21(23(24,25)26)29-32(15)11-10-31-8-5-16(6-9-31)22-28-19(14-34-22)18-13-20(33-30-18)17-4-2-3-7-27-17/h2-4,7,10-12,14,16,20H,5-6,8-9,13H2,1H3. The van der Waals surface area contributed by atoms with E-state index in [-0.39, 0.29) is 6.10 Å². The average Bonchev–Trinajstić information content (AvgIpc) is 3.58. The van der Waals surface area contributed by atoms with Crippen molar-refractivity contribution >= 4 is 17.0 Å². The third-order valence-electron chi connectivity index (χ3n) is 6.01. The Balaban J connectivity index is 1.12. The van der Waals surface area contributed by atoms with Gasteiger partial charge in [0.2, 0.25) is 0 Å². The molecule has 11 heteroatoms. The second-order valence-electron chi connectivity index (χ2n) is 8.38. The van der Waals surface area contributed by atoms with E-state index in [2.05, 4.69) is 20.1 Å². The van der Waals surface area contributed by atoms with Gasteiger partial charge in [-0.2, -0.15) is 18.3 Å². The Kier molecular flexibility index (Phi) is 6.39. The van der Waals surface area contributed by atoms with Crippen LogP contribution in [0.25, 0.3) is 0 Å². The fourth-order valence-corrected chi connectivity index (χ4v) is 5.09. The van der Waals surface area contributed by atoms with Crippen molar-refractivity contribution in [3.8, 4) is 0 Å². The largest absolute Gasteiger partial charge is 0.435 e. The molecule has 2 aliphatic heterocycles. The number of rotatable bonds is 6. The monoisotopic (exact) mass is 488 g/mol. The summed E-state index contributed by atoms with van der Waals surface area (Å²) in [5.74, 6) is 0.348. The molecule has 34 heavy (non-hydrogen) atoms. The highest BCUT2D eigenvalue weighted by atomic mass is 32.1. The van der Waals surface area contributed by atoms with Gasteiger partial charge >= 0.3 is 6.18 Å². The molecule has 1 atom stereocenters. The Labute approximate surface area is 199 Å². The van der Waals surface area contributed by atoms with Crippen LogP contribution in [0.4, 0.5) is 13.2 Å². The predicted molar refractivity (Wildman–Crippen MR) is 121 cm³/mol. The Morgan fingerprint density at radius 1 is 1.18 bits per heavy atom. The number of aryl methyl sites for hydroxylation is 1. The lowest BCUT2D eigenvalue weighted by Crippen LogP contribution is -2.31. The number of nitrogens with zero attached hydrogens (tertiary/aromatic N) is 6. The molecule has 1 unspecified atom stereocenters. The number of likely N-dealkylation sites (tertiary alicyclic amines) is 1. The lowest BCUT2D eigenvalue weighted by Gasteiger charge is -2.30. The highest BCUT2D eigenvalue weighted by molar-refractivity contribution is 7.10. The van der Waals surface area contributed by atoms with E-state index >= 15 is 0 Å². The minimum Gasteiger partial charge on any atom is -0.385 e. The van der Waals surface area contributed by atoms with Gasteiger partial charge in [0, 0.05) is 29.6 Å². The number of halogens is 3. The van der Waals surface area contributed by atoms with Crippen LogP contribution in [0, 0.1) is 20.0 Å². The quantitative estimate of drug-likeness (QED) is 0.490. The van der Waals surface area contributed by atoms with Gasteiger partial charge in [-0.25, -0.2) is 4.98 Å². The fraction of sp³-hybridized carbons (Fsp3) is 0.391. The lowest BCUT2D eigenvalue weighted by molar-refractivity contribution is -0.141. The molecule has 0 saturated carbocycles. The molecule has 5 heterocycles. The molecule has 5 rings (SSSR count). The van der Waals surface area contributed by atoms with Gasteiger partial charge in [-0.1, -0.05) is 11.2 Å². The predicted octanol–water partition coefficient (Wildman–Crippen LogP) is 4.98. The number of pyridine rings is 1. The van der Waals surface area contributed by atoms with Gasteiger partial charge in [0.15, 0.2) is 11.8 Å². The number of thiazole rings is 1. The molecule has 0 aliphatic carbocycles. The van der Waals surface area contributed by atoms with E-state index in [9.17, 15) is 13.2 Å². The number of piperidine rings is 1. The second kappa shape index (κ2) is 9.46. The van der Waals surface area contributed by atoms with Gasteiger partial charge in [0.25, 0.3) is 0 Å². The number of hydrogen-bond donors (Lipinski definition) is 0. The summed E-state index contributed by atoms with van der Waals surface area (Å²) in [4.78, 5) is 16.9. The van der Waals surface area contributed by atoms with E-state index in [0.717, 1.165) is 54.1 Å². The van der Waals surface area contributed by atoms with Crippen molar-refractivity contribution in [3.63, 3.8) is 0 Å². The summed E-state index contributed by atoms with van der Waals surface area (Å²) in [5, 5.41) is 11.0. The van der Waals surface area contributed by atoms with E-state index in [1.54, 1.807) is 31.0 Å². The van der Waals surface area contributed by atoms with Crippen molar-refractivity contribution in [2.45, 2.75) is 44.4 Å². The Morgan fingerprint density at radius 2 is 2.00 bits per heavy atom. The van der Waals surface area contributed by atoms with Crippen LogP contribution in [0.3, 0.4) is 0 Å². The molecule has 2 aliphatic rings. The number of alkyl halides is 3. The summed E-state index contributed by atoms with van der Waals surface area (Å²) in [7, 11) is 0. The van der Waals surface area contributed by atoms with E-state index in [1.807, 2.05) is 30.1 Å². The average molecular weight is 489 g/mol. The van der Waals surface area contributed by atoms with Crippen LogP contribution in [0.5, 0.6) is 0 Å². The zero-order valence-corrected chi connectivity index (χ0v) is 19.3. The number of aromatic nitrogens is 4. The molecule has 178 valence electrons. The first-order chi connectivity index (χ1) is 16.4. The Bertz CT molecular complexity index is 1150. The van der Waals surface area contributed by atoms with Crippen LogP contribution in [0.15, 0.2) is 41.0 Å². The van der Waals surface area contributed by atoms with Crippen LogP contribution >= 0.6 is 11.3 Å². The molecular weight excluding hydrogens is 465 g/mol. The second-order valence-corrected chi connectivity index (χ2v) is 9.27. The maximum atomic E-state index is 12.8. The first kappa shape index (κ1) is 23.0. The molecule has 7 nitrogen and oxygen atoms in total. The van der Waals surface area contributed by atoms with E-state index in [0.29, 0.717) is 18.0 Å². The van der Waals surface area contributed by atoms with Crippen molar-refractivity contribution in [2.75, 3.05) is 13.1 Å². The van der Waals surface area contributed by atoms with Crippen LogP contribution in [0.2, 0.25) is 0 Å². The summed E-state index contributed by atoms with van der Waals surface area (Å²) in [6, 6.07) is 6.79. The zero-order valence-electron chi connectivity index (χ0n) is 18.4. The molecule has 0 aromatic carbocycles. The van der Waals surface area contributed by atoms with Crippen molar-refractivity contribution in [1.82, 2.24) is 24.6 Å². The van der Waals surface area contributed by atoms with E-state index in [1.165, 1.54) is 4.68 Å². The molecule has 1 fully saturated rings. The first-order valence-electron chi connectivity index (χ1n) is 11.0. The summed E-state index contributed by atoms with van der Waals surface area (Å²) in [6.07, 6.45) is -0.390. The first-order valence-corrected chi connectivity index (χ1v) is 11.9. The SMILES string of the molecule is Cc1cc(C(F)(F)F)nn1[CH][CH]N1CCC(c2nc(C3=NOC(c4ccccn4)C3)cs2)CC1. The molecule has 0 bridgehead atoms. The molecular formula is C23H23F3N6OS. The highest BCUT2D eigenvalue weighted by Gasteiger charge is 2.34. The number of oxime groups is 1. The summed E-state index contributed by atoms with van der Waals surface area (Å²) < 4.78 is 39.8. The van der Waals surface area contributed by atoms with Crippen LogP contribution < -0.4 is 0 Å².